The van der Waals surface area contributed by atoms with Gasteiger partial charge in [-0.15, -0.1) is 0 Å². The minimum absolute atomic E-state index is 0.295. The van der Waals surface area contributed by atoms with Gasteiger partial charge in [0.1, 0.15) is 11.9 Å². The molecule has 0 aliphatic heterocycles. The van der Waals surface area contributed by atoms with Gasteiger partial charge in [-0.05, 0) is 38.5 Å². The van der Waals surface area contributed by atoms with Gasteiger partial charge in [-0.2, -0.15) is 0 Å². The second-order valence-electron chi connectivity index (χ2n) is 4.41. The average molecular weight is 253 g/mol. The predicted molar refractivity (Wildman–Crippen MR) is 70.4 cm³/mol. The molecule has 3 nitrogen and oxygen atoms in total. The predicted octanol–water partition coefficient (Wildman–Crippen LogP) is 3.71. The number of benzene rings is 1. The Balaban J connectivity index is 2.73. The highest BCUT2D eigenvalue weighted by atomic mass is 35.5. The summed E-state index contributed by atoms with van der Waals surface area (Å²) in [5.41, 5.74) is 1.87. The topological polar surface area (TPSA) is 38.0 Å². The molecule has 0 amide bonds. The Hall–Kier alpha value is -1.06. The minimum Gasteiger partial charge on any atom is -0.385 e. The number of halogens is 1. The highest BCUT2D eigenvalue weighted by molar-refractivity contribution is 6.31. The molecule has 2 atom stereocenters. The van der Waals surface area contributed by atoms with Crippen LogP contribution in [-0.2, 0) is 0 Å². The largest absolute Gasteiger partial charge is 0.385 e. The third-order valence-electron chi connectivity index (χ3n) is 3.08. The Morgan fingerprint density at radius 2 is 2.12 bits per heavy atom. The molecule has 0 saturated heterocycles. The lowest BCUT2D eigenvalue weighted by Gasteiger charge is -2.17. The average Bonchev–Trinajstić information content (AvgIpc) is 2.66. The molecule has 0 fully saturated rings. The lowest BCUT2D eigenvalue weighted by atomic mass is 10.2. The Morgan fingerprint density at radius 3 is 2.71 bits per heavy atom. The van der Waals surface area contributed by atoms with E-state index >= 15 is 0 Å². The Morgan fingerprint density at radius 1 is 1.41 bits per heavy atom. The molecule has 0 unspecified atom stereocenters. The highest BCUT2D eigenvalue weighted by Crippen LogP contribution is 2.28. The van der Waals surface area contributed by atoms with Crippen molar-refractivity contribution in [3.8, 4) is 0 Å². The monoisotopic (exact) mass is 252 g/mol. The lowest BCUT2D eigenvalue weighted by Crippen LogP contribution is -2.10. The second-order valence-corrected chi connectivity index (χ2v) is 4.84. The number of rotatable bonds is 3. The van der Waals surface area contributed by atoms with Crippen LogP contribution in [-0.4, -0.2) is 14.7 Å². The lowest BCUT2D eigenvalue weighted by molar-refractivity contribution is 0.182. The first kappa shape index (κ1) is 12.4. The zero-order valence-corrected chi connectivity index (χ0v) is 11.1. The van der Waals surface area contributed by atoms with E-state index in [1.165, 1.54) is 0 Å². The van der Waals surface area contributed by atoms with Crippen molar-refractivity contribution < 1.29 is 5.11 Å². The molecule has 2 rings (SSSR count). The van der Waals surface area contributed by atoms with Gasteiger partial charge >= 0.3 is 0 Å². The Bertz CT molecular complexity index is 533. The molecule has 1 aromatic heterocycles. The van der Waals surface area contributed by atoms with Crippen molar-refractivity contribution in [3.05, 3.63) is 29.0 Å². The molecule has 0 aliphatic rings. The van der Waals surface area contributed by atoms with Crippen LogP contribution in [0.2, 0.25) is 5.02 Å². The van der Waals surface area contributed by atoms with Crippen molar-refractivity contribution >= 4 is 22.6 Å². The van der Waals surface area contributed by atoms with Crippen molar-refractivity contribution in [2.75, 3.05) is 0 Å². The maximum absolute atomic E-state index is 9.80. The van der Waals surface area contributed by atoms with E-state index in [9.17, 15) is 5.11 Å². The van der Waals surface area contributed by atoms with Gasteiger partial charge in [0.15, 0.2) is 0 Å². The summed E-state index contributed by atoms with van der Waals surface area (Å²) in [7, 11) is 0. The first-order chi connectivity index (χ1) is 8.04. The van der Waals surface area contributed by atoms with E-state index in [2.05, 4.69) is 23.4 Å². The first-order valence-electron chi connectivity index (χ1n) is 5.90. The molecule has 1 aromatic carbocycles. The molecule has 1 N–H and O–H groups in total. The Labute approximate surface area is 106 Å². The van der Waals surface area contributed by atoms with Crippen LogP contribution in [0.3, 0.4) is 0 Å². The van der Waals surface area contributed by atoms with Gasteiger partial charge in [-0.3, -0.25) is 0 Å². The van der Waals surface area contributed by atoms with Crippen LogP contribution in [0.1, 0.15) is 45.2 Å². The van der Waals surface area contributed by atoms with Gasteiger partial charge in [0.25, 0.3) is 0 Å². The molecule has 0 aliphatic carbocycles. The molecular formula is C13H17ClN2O. The quantitative estimate of drug-likeness (QED) is 0.904. The molecule has 4 heteroatoms. The van der Waals surface area contributed by atoms with Crippen molar-refractivity contribution in [2.24, 2.45) is 0 Å². The van der Waals surface area contributed by atoms with Crippen molar-refractivity contribution in [1.82, 2.24) is 9.55 Å². The zero-order valence-electron chi connectivity index (χ0n) is 10.3. The van der Waals surface area contributed by atoms with Gasteiger partial charge in [-0.1, -0.05) is 18.5 Å². The number of aliphatic hydroxyl groups is 1. The van der Waals surface area contributed by atoms with Crippen molar-refractivity contribution in [2.45, 2.75) is 39.3 Å². The van der Waals surface area contributed by atoms with E-state index in [1.54, 1.807) is 6.92 Å². The maximum Gasteiger partial charge on any atom is 0.138 e. The summed E-state index contributed by atoms with van der Waals surface area (Å²) < 4.78 is 2.08. The zero-order chi connectivity index (χ0) is 12.6. The van der Waals surface area contributed by atoms with E-state index < -0.39 is 6.10 Å². The van der Waals surface area contributed by atoms with Crippen LogP contribution in [0.15, 0.2) is 18.2 Å². The third-order valence-corrected chi connectivity index (χ3v) is 3.32. The van der Waals surface area contributed by atoms with Crippen molar-refractivity contribution in [1.29, 1.82) is 0 Å². The molecule has 0 radical (unpaired) electrons. The molecule has 1 heterocycles. The van der Waals surface area contributed by atoms with Gasteiger partial charge in [-0.25, -0.2) is 4.98 Å². The number of aromatic nitrogens is 2. The van der Waals surface area contributed by atoms with Crippen LogP contribution < -0.4 is 0 Å². The van der Waals surface area contributed by atoms with Crippen LogP contribution in [0.25, 0.3) is 11.0 Å². The number of fused-ring (bicyclic) bond motifs is 1. The van der Waals surface area contributed by atoms with Crippen LogP contribution in [0.5, 0.6) is 0 Å². The summed E-state index contributed by atoms with van der Waals surface area (Å²) in [4.78, 5) is 4.48. The number of imidazole rings is 1. The summed E-state index contributed by atoms with van der Waals surface area (Å²) in [6.45, 7) is 5.97. The van der Waals surface area contributed by atoms with Gasteiger partial charge in [0, 0.05) is 11.1 Å². The first-order valence-corrected chi connectivity index (χ1v) is 6.27. The Kier molecular flexibility index (Phi) is 3.40. The smallest absolute Gasteiger partial charge is 0.138 e. The molecule has 0 bridgehead atoms. The number of hydrogen-bond donors (Lipinski definition) is 1. The summed E-state index contributed by atoms with van der Waals surface area (Å²) in [6.07, 6.45) is 0.410. The van der Waals surface area contributed by atoms with E-state index in [1.807, 2.05) is 18.2 Å². The normalized spacial score (nSPS) is 15.1. The number of hydrogen-bond acceptors (Lipinski definition) is 2. The fraction of sp³-hybridized carbons (Fsp3) is 0.462. The van der Waals surface area contributed by atoms with Gasteiger partial charge in [0.05, 0.1) is 11.0 Å². The third kappa shape index (κ3) is 2.17. The molecule has 2 aromatic rings. The number of aliphatic hydroxyl groups excluding tert-OH is 1. The summed E-state index contributed by atoms with van der Waals surface area (Å²) in [5.74, 6) is 0.705. The molecule has 0 saturated carbocycles. The second kappa shape index (κ2) is 4.67. The molecule has 17 heavy (non-hydrogen) atoms. The van der Waals surface area contributed by atoms with Crippen LogP contribution >= 0.6 is 11.6 Å². The van der Waals surface area contributed by atoms with E-state index in [4.69, 9.17) is 11.6 Å². The van der Waals surface area contributed by atoms with E-state index in [-0.39, 0.29) is 0 Å². The highest BCUT2D eigenvalue weighted by Gasteiger charge is 2.18. The molecule has 0 spiro atoms. The van der Waals surface area contributed by atoms with Gasteiger partial charge in [0.2, 0.25) is 0 Å². The summed E-state index contributed by atoms with van der Waals surface area (Å²) in [5, 5.41) is 10.5. The standard InChI is InChI=1S/C13H17ClN2O/c1-4-8(2)16-12-7-10(14)5-6-11(12)15-13(16)9(3)17/h5-9,17H,4H2,1-3H3/t8-,9+/m0/s1. The van der Waals surface area contributed by atoms with E-state index in [0.29, 0.717) is 16.9 Å². The van der Waals surface area contributed by atoms with Crippen LogP contribution in [0, 0.1) is 0 Å². The summed E-state index contributed by atoms with van der Waals surface area (Å²) in [6, 6.07) is 5.91. The summed E-state index contributed by atoms with van der Waals surface area (Å²) >= 11 is 6.02. The minimum atomic E-state index is -0.574. The van der Waals surface area contributed by atoms with E-state index in [0.717, 1.165) is 17.5 Å². The maximum atomic E-state index is 9.80. The fourth-order valence-electron chi connectivity index (χ4n) is 2.03. The molecular weight excluding hydrogens is 236 g/mol. The van der Waals surface area contributed by atoms with Gasteiger partial charge < -0.3 is 9.67 Å². The van der Waals surface area contributed by atoms with Crippen LogP contribution in [0.4, 0.5) is 0 Å². The number of nitrogens with zero attached hydrogens (tertiary/aromatic N) is 2. The fourth-order valence-corrected chi connectivity index (χ4v) is 2.19. The SMILES string of the molecule is CC[C@H](C)n1c([C@@H](C)O)nc2ccc(Cl)cc21. The molecule has 92 valence electrons. The van der Waals surface area contributed by atoms with Crippen molar-refractivity contribution in [3.63, 3.8) is 0 Å².